The fraction of sp³-hybridized carbons (Fsp3) is 0.423. The van der Waals surface area contributed by atoms with E-state index in [1.807, 2.05) is 52.0 Å². The van der Waals surface area contributed by atoms with E-state index in [1.165, 1.54) is 14.2 Å². The van der Waals surface area contributed by atoms with E-state index in [1.54, 1.807) is 18.2 Å². The molecule has 18 heteroatoms. The Kier molecular flexibility index (Phi) is 16.8. The lowest BCUT2D eigenvalue weighted by Gasteiger charge is -2.36. The number of carbonyl (C=O) groups is 6. The van der Waals surface area contributed by atoms with Gasteiger partial charge in [0.2, 0.25) is 11.8 Å². The largest absolute Gasteiger partial charge is 0.480 e. The van der Waals surface area contributed by atoms with Gasteiger partial charge >= 0.3 is 23.9 Å². The highest BCUT2D eigenvalue weighted by molar-refractivity contribution is 6.02. The first-order valence-electron chi connectivity index (χ1n) is 23.5. The highest BCUT2D eigenvalue weighted by Crippen LogP contribution is 2.52. The van der Waals surface area contributed by atoms with Crippen LogP contribution >= 0.6 is 0 Å². The number of H-pyrrole nitrogens is 2. The fourth-order valence-corrected chi connectivity index (χ4v) is 9.46. The highest BCUT2D eigenvalue weighted by Gasteiger charge is 2.53. The third kappa shape index (κ3) is 11.1. The number of unbranched alkanes of at least 4 members (excludes halogenated alkanes) is 2. The summed E-state index contributed by atoms with van der Waals surface area (Å²) in [5.74, 6) is -4.98. The summed E-state index contributed by atoms with van der Waals surface area (Å²) in [6.07, 6.45) is 8.85. The lowest BCUT2D eigenvalue weighted by atomic mass is 9.64. The number of carboxylic acids is 2. The van der Waals surface area contributed by atoms with Crippen LogP contribution in [0, 0.1) is 19.8 Å². The van der Waals surface area contributed by atoms with Crippen molar-refractivity contribution in [3.05, 3.63) is 93.6 Å². The van der Waals surface area contributed by atoms with Gasteiger partial charge in [0.15, 0.2) is 0 Å². The van der Waals surface area contributed by atoms with Gasteiger partial charge in [0.25, 0.3) is 0 Å². The number of rotatable bonds is 21. The molecule has 0 aromatic carbocycles. The molecule has 6 rings (SSSR count). The Morgan fingerprint density at radius 3 is 1.91 bits per heavy atom. The smallest absolute Gasteiger partial charge is 0.334 e. The summed E-state index contributed by atoms with van der Waals surface area (Å²) in [4.78, 5) is 93.7. The summed E-state index contributed by atoms with van der Waals surface area (Å²) < 4.78 is 10.5. The first-order valence-corrected chi connectivity index (χ1v) is 23.5. The molecule has 4 atom stereocenters. The van der Waals surface area contributed by atoms with Crippen LogP contribution in [-0.4, -0.2) is 105 Å². The molecule has 0 saturated carbocycles. The lowest BCUT2D eigenvalue weighted by Crippen LogP contribution is -2.42. The molecular weight excluding hydrogens is 897 g/mol. The van der Waals surface area contributed by atoms with Crippen molar-refractivity contribution in [3.8, 4) is 0 Å². The van der Waals surface area contributed by atoms with E-state index >= 15 is 0 Å². The van der Waals surface area contributed by atoms with E-state index in [-0.39, 0.29) is 30.2 Å². The molecule has 1 aliphatic carbocycles. The summed E-state index contributed by atoms with van der Waals surface area (Å²) in [6.45, 7) is 12.6. The van der Waals surface area contributed by atoms with Crippen molar-refractivity contribution in [2.45, 2.75) is 109 Å². The van der Waals surface area contributed by atoms with Crippen LogP contribution in [0.5, 0.6) is 0 Å². The number of amides is 2. The SMILES string of the molecule is C=Cc1c(C)c2cc3nc(cc4[nH]c(cc5nc(cc1[nH]2)C(C)=C5CCC(=O)NCCCCC(N)C(=O)O)c(CCC(=O)NCCCCC(N)C(=O)O)c4C)[C@@]1(C)C3=CC=C(C(=O)OC)[C@H]1C(=O)OC. The number of aromatic amines is 2. The second-order valence-corrected chi connectivity index (χ2v) is 18.1. The van der Waals surface area contributed by atoms with Gasteiger partial charge in [-0.3, -0.25) is 29.0 Å². The number of aryl methyl sites for hydroxylation is 3. The molecule has 2 amide bonds. The van der Waals surface area contributed by atoms with Gasteiger partial charge in [0, 0.05) is 53.6 Å². The van der Waals surface area contributed by atoms with Crippen LogP contribution in [0.2, 0.25) is 0 Å². The Balaban J connectivity index is 1.50. The van der Waals surface area contributed by atoms with Crippen molar-refractivity contribution in [2.75, 3.05) is 27.3 Å². The molecule has 2 aliphatic heterocycles. The fourth-order valence-electron chi connectivity index (χ4n) is 9.46. The molecular formula is C52H64N8O10. The van der Waals surface area contributed by atoms with Crippen molar-refractivity contribution >= 4 is 80.6 Å². The zero-order valence-electron chi connectivity index (χ0n) is 40.7. The number of allylic oxidation sites excluding steroid dienone is 5. The number of nitrogens with zero attached hydrogens (tertiary/aromatic N) is 2. The number of ether oxygens (including phenoxy) is 2. The quantitative estimate of drug-likeness (QED) is 0.0459. The molecule has 3 aromatic rings. The van der Waals surface area contributed by atoms with Gasteiger partial charge in [-0.05, 0) is 137 Å². The molecule has 372 valence electrons. The van der Waals surface area contributed by atoms with Crippen LogP contribution in [0.25, 0.3) is 44.9 Å². The molecule has 2 unspecified atom stereocenters. The number of aromatic nitrogens is 4. The molecule has 0 radical (unpaired) electrons. The number of fused-ring (bicyclic) bond motifs is 11. The average molecular weight is 961 g/mol. The van der Waals surface area contributed by atoms with E-state index in [0.717, 1.165) is 44.4 Å². The number of carbonyl (C=O) groups excluding carboxylic acids is 4. The Bertz CT molecular complexity index is 2870. The molecule has 0 spiro atoms. The number of esters is 2. The van der Waals surface area contributed by atoms with Gasteiger partial charge in [-0.2, -0.15) is 0 Å². The number of methoxy groups -OCH3 is 2. The Morgan fingerprint density at radius 2 is 1.33 bits per heavy atom. The number of nitrogens with two attached hydrogens (primary N) is 2. The maximum Gasteiger partial charge on any atom is 0.334 e. The first-order chi connectivity index (χ1) is 33.3. The third-order valence-electron chi connectivity index (χ3n) is 13.7. The maximum atomic E-state index is 13.9. The molecule has 0 saturated heterocycles. The van der Waals surface area contributed by atoms with Crippen LogP contribution in [0.15, 0.2) is 48.6 Å². The van der Waals surface area contributed by atoms with Gasteiger partial charge in [0.1, 0.15) is 18.0 Å². The zero-order chi connectivity index (χ0) is 51.0. The standard InChI is InChI=1S/C52H64N8O10/c1-8-30-27(2)38-24-43-34-18-15-33(50(67)69-6)47(51(68)70-7)52(34,5)44(60-43)26-39-29(4)32(17-20-46(62)56-22-12-10-14-36(54)49(65)66)42(59-39)25-41-31(28(3)37(58-41)23-40(30)57-38)16-19-45(61)55-21-11-9-13-35(53)48(63)64/h8,15,18,23-26,35-36,47,57,59H,1,9-14,16-17,19-22,53-54H2,2-7H3,(H,55,61)(H,56,62)(H,63,64)(H,65,66)/t35?,36?,47-,52+/m0/s1. The highest BCUT2D eigenvalue weighted by atomic mass is 16.5. The van der Waals surface area contributed by atoms with Gasteiger partial charge in [-0.1, -0.05) is 24.8 Å². The van der Waals surface area contributed by atoms with Crippen molar-refractivity contribution in [3.63, 3.8) is 0 Å². The minimum atomic E-state index is -1.23. The first kappa shape index (κ1) is 52.2. The van der Waals surface area contributed by atoms with Crippen LogP contribution in [0.1, 0.15) is 117 Å². The topological polar surface area (TPSA) is 295 Å². The minimum absolute atomic E-state index is 0.110. The second-order valence-electron chi connectivity index (χ2n) is 18.1. The Labute approximate surface area is 406 Å². The van der Waals surface area contributed by atoms with Crippen molar-refractivity contribution in [2.24, 2.45) is 17.4 Å². The second kappa shape index (κ2) is 22.5. The minimum Gasteiger partial charge on any atom is -0.480 e. The monoisotopic (exact) mass is 960 g/mol. The van der Waals surface area contributed by atoms with E-state index < -0.39 is 47.3 Å². The number of aliphatic carboxylic acids is 2. The summed E-state index contributed by atoms with van der Waals surface area (Å²) >= 11 is 0. The Morgan fingerprint density at radius 1 is 0.757 bits per heavy atom. The summed E-state index contributed by atoms with van der Waals surface area (Å²) in [7, 11) is 2.53. The number of hydrogen-bond donors (Lipinski definition) is 8. The molecule has 0 fully saturated rings. The van der Waals surface area contributed by atoms with E-state index in [0.29, 0.717) is 104 Å². The lowest BCUT2D eigenvalue weighted by molar-refractivity contribution is -0.149. The molecule has 18 nitrogen and oxygen atoms in total. The zero-order valence-corrected chi connectivity index (χ0v) is 40.7. The van der Waals surface area contributed by atoms with Gasteiger partial charge < -0.3 is 51.8 Å². The predicted molar refractivity (Wildman–Crippen MR) is 266 cm³/mol. The van der Waals surface area contributed by atoms with Crippen molar-refractivity contribution < 1.29 is 48.5 Å². The van der Waals surface area contributed by atoms with Gasteiger partial charge in [-0.15, -0.1) is 0 Å². The summed E-state index contributed by atoms with van der Waals surface area (Å²) in [6, 6.07) is 5.72. The summed E-state index contributed by atoms with van der Waals surface area (Å²) in [5, 5.41) is 24.1. The molecule has 10 N–H and O–H groups in total. The van der Waals surface area contributed by atoms with Crippen LogP contribution in [0.4, 0.5) is 0 Å². The van der Waals surface area contributed by atoms with Gasteiger partial charge in [-0.25, -0.2) is 9.78 Å². The van der Waals surface area contributed by atoms with Crippen LogP contribution in [0.3, 0.4) is 0 Å². The maximum absolute atomic E-state index is 13.9. The summed E-state index contributed by atoms with van der Waals surface area (Å²) in [5.41, 5.74) is 20.9. The van der Waals surface area contributed by atoms with Crippen LogP contribution in [-0.2, 0) is 50.1 Å². The average Bonchev–Trinajstić information content (AvgIpc) is 3.99. The number of nitrogens with one attached hydrogen (secondary N) is 4. The molecule has 3 aromatic heterocycles. The van der Waals surface area contributed by atoms with E-state index in [4.69, 9.17) is 41.1 Å². The molecule has 5 heterocycles. The molecule has 3 aliphatic rings. The van der Waals surface area contributed by atoms with Gasteiger partial charge in [0.05, 0.1) is 48.0 Å². The normalized spacial score (nSPS) is 17.1. The number of carboxylic acid groups (broad SMARTS) is 2. The number of hydrogen-bond acceptors (Lipinski definition) is 12. The van der Waals surface area contributed by atoms with E-state index in [2.05, 4.69) is 27.2 Å². The molecule has 8 bridgehead atoms. The van der Waals surface area contributed by atoms with Crippen molar-refractivity contribution in [1.29, 1.82) is 0 Å². The van der Waals surface area contributed by atoms with Crippen molar-refractivity contribution in [1.82, 2.24) is 30.6 Å². The third-order valence-corrected chi connectivity index (χ3v) is 13.7. The van der Waals surface area contributed by atoms with Crippen LogP contribution < -0.4 is 22.1 Å². The van der Waals surface area contributed by atoms with E-state index in [9.17, 15) is 28.8 Å². The molecule has 70 heavy (non-hydrogen) atoms. The predicted octanol–water partition coefficient (Wildman–Crippen LogP) is 5.86. The Hall–Kier alpha value is -7.18.